The smallest absolute Gasteiger partial charge is 0.323 e. The van der Waals surface area contributed by atoms with Crippen molar-refractivity contribution in [3.05, 3.63) is 54.1 Å². The largest absolute Gasteiger partial charge is 0.481 e. The van der Waals surface area contributed by atoms with Crippen molar-refractivity contribution in [3.63, 3.8) is 0 Å². The summed E-state index contributed by atoms with van der Waals surface area (Å²) < 4.78 is 0. The monoisotopic (exact) mass is 483 g/mol. The maximum absolute atomic E-state index is 12.7. The molecule has 5 N–H and O–H groups in total. The van der Waals surface area contributed by atoms with Crippen LogP contribution in [-0.4, -0.2) is 53.1 Å². The molecule has 1 fully saturated rings. The number of carbonyl (C=O) groups excluding carboxylic acids is 3. The van der Waals surface area contributed by atoms with E-state index in [0.717, 1.165) is 5.56 Å². The molecule has 35 heavy (non-hydrogen) atoms. The Labute approximate surface area is 205 Å². The summed E-state index contributed by atoms with van der Waals surface area (Å²) in [6.45, 7) is 6.33. The lowest BCUT2D eigenvalue weighted by Gasteiger charge is -2.24. The van der Waals surface area contributed by atoms with Crippen LogP contribution in [0, 0.1) is 6.92 Å². The zero-order valence-electron chi connectivity index (χ0n) is 20.3. The highest BCUT2D eigenvalue weighted by atomic mass is 16.4. The molecule has 0 bridgehead atoms. The Morgan fingerprint density at radius 2 is 1.57 bits per heavy atom. The minimum atomic E-state index is -1.00. The predicted octanol–water partition coefficient (Wildman–Crippen LogP) is 4.25. The molecule has 10 nitrogen and oxygen atoms in total. The highest BCUT2D eigenvalue weighted by Gasteiger charge is 2.34. The number of benzene rings is 2. The van der Waals surface area contributed by atoms with Crippen LogP contribution >= 0.6 is 0 Å². The Hall–Kier alpha value is -4.08. The third-order valence-corrected chi connectivity index (χ3v) is 5.23. The van der Waals surface area contributed by atoms with E-state index in [2.05, 4.69) is 21.3 Å². The maximum Gasteiger partial charge on any atom is 0.323 e. The molecule has 0 saturated carbocycles. The molecule has 1 heterocycles. The third-order valence-electron chi connectivity index (χ3n) is 5.23. The van der Waals surface area contributed by atoms with Gasteiger partial charge < -0.3 is 31.3 Å². The fourth-order valence-corrected chi connectivity index (χ4v) is 3.52. The van der Waals surface area contributed by atoms with Gasteiger partial charge in [0.1, 0.15) is 6.04 Å². The molecule has 0 unspecified atom stereocenters. The van der Waals surface area contributed by atoms with E-state index in [9.17, 15) is 19.2 Å². The van der Waals surface area contributed by atoms with E-state index in [1.807, 2.05) is 45.0 Å². The number of carboxylic acid groups (broad SMARTS) is 1. The fraction of sp³-hybridized carbons (Fsp3) is 0.360. The van der Waals surface area contributed by atoms with Crippen LogP contribution < -0.4 is 21.3 Å². The molecule has 0 aliphatic carbocycles. The normalized spacial score (nSPS) is 14.3. The van der Waals surface area contributed by atoms with E-state index in [4.69, 9.17) is 5.11 Å². The first-order chi connectivity index (χ1) is 16.8. The van der Waals surface area contributed by atoms with Crippen molar-refractivity contribution in [1.29, 1.82) is 0 Å². The molecule has 0 radical (unpaired) electrons. The van der Waals surface area contributed by atoms with Gasteiger partial charge in [0.2, 0.25) is 5.91 Å². The Kier molecular flexibility index (Phi) is 10.5. The van der Waals surface area contributed by atoms with Crippen LogP contribution in [0.4, 0.5) is 26.7 Å². The number of amides is 5. The van der Waals surface area contributed by atoms with Crippen LogP contribution in [0.15, 0.2) is 48.5 Å². The first-order valence-corrected chi connectivity index (χ1v) is 11.6. The summed E-state index contributed by atoms with van der Waals surface area (Å²) in [5, 5.41) is 19.5. The Morgan fingerprint density at radius 1 is 0.943 bits per heavy atom. The van der Waals surface area contributed by atoms with Gasteiger partial charge >= 0.3 is 18.0 Å². The molecular formula is C25H33N5O5. The predicted molar refractivity (Wildman–Crippen MR) is 136 cm³/mol. The quantitative estimate of drug-likeness (QED) is 0.400. The van der Waals surface area contributed by atoms with Crippen molar-refractivity contribution in [2.45, 2.75) is 46.1 Å². The van der Waals surface area contributed by atoms with Crippen molar-refractivity contribution in [1.82, 2.24) is 10.2 Å². The summed E-state index contributed by atoms with van der Waals surface area (Å²) >= 11 is 0. The van der Waals surface area contributed by atoms with Crippen LogP contribution in [0.2, 0.25) is 0 Å². The number of hydrogen-bond donors (Lipinski definition) is 5. The van der Waals surface area contributed by atoms with Crippen molar-refractivity contribution >= 4 is 41.0 Å². The fourth-order valence-electron chi connectivity index (χ4n) is 3.52. The average Bonchev–Trinajstić information content (AvgIpc) is 3.33. The van der Waals surface area contributed by atoms with Gasteiger partial charge in [0.15, 0.2) is 0 Å². The number of aliphatic carboxylic acids is 1. The molecule has 1 aliphatic rings. The molecule has 10 heteroatoms. The summed E-state index contributed by atoms with van der Waals surface area (Å²) in [6, 6.07) is 12.6. The maximum atomic E-state index is 12.7. The zero-order chi connectivity index (χ0) is 25.8. The van der Waals surface area contributed by atoms with Gasteiger partial charge in [-0.25, -0.2) is 9.59 Å². The van der Waals surface area contributed by atoms with Gasteiger partial charge in [0.25, 0.3) is 0 Å². The Balaban J connectivity index is 0.00000210. The van der Waals surface area contributed by atoms with Gasteiger partial charge in [-0.3, -0.25) is 9.59 Å². The number of nitrogens with one attached hydrogen (secondary N) is 4. The molecule has 5 amide bonds. The van der Waals surface area contributed by atoms with Gasteiger partial charge in [-0.05, 0) is 55.7 Å². The summed E-state index contributed by atoms with van der Waals surface area (Å²) in [5.41, 5.74) is 2.75. The second-order valence-electron chi connectivity index (χ2n) is 7.69. The minimum Gasteiger partial charge on any atom is -0.481 e. The van der Waals surface area contributed by atoms with E-state index in [-0.39, 0.29) is 24.9 Å². The van der Waals surface area contributed by atoms with Crippen molar-refractivity contribution in [2.24, 2.45) is 0 Å². The lowest BCUT2D eigenvalue weighted by molar-refractivity contribution is -0.136. The minimum absolute atomic E-state index is 0.00485. The van der Waals surface area contributed by atoms with Crippen molar-refractivity contribution in [2.75, 3.05) is 29.0 Å². The lowest BCUT2D eigenvalue weighted by atomic mass is 10.2. The number of hydrogen-bond acceptors (Lipinski definition) is 4. The number of para-hydroxylation sites is 1. The van der Waals surface area contributed by atoms with E-state index in [1.54, 1.807) is 24.3 Å². The Morgan fingerprint density at radius 3 is 2.20 bits per heavy atom. The number of carbonyl (C=O) groups is 4. The molecule has 0 aromatic heterocycles. The second kappa shape index (κ2) is 13.6. The number of aryl methyl sites for hydroxylation is 1. The van der Waals surface area contributed by atoms with Gasteiger partial charge in [0, 0.05) is 30.2 Å². The van der Waals surface area contributed by atoms with Gasteiger partial charge in [-0.2, -0.15) is 0 Å². The molecule has 1 atom stereocenters. The molecule has 2 aromatic carbocycles. The third kappa shape index (κ3) is 8.33. The summed E-state index contributed by atoms with van der Waals surface area (Å²) in [7, 11) is 0. The molecule has 1 saturated heterocycles. The number of likely N-dealkylation sites (tertiary alicyclic amines) is 1. The van der Waals surface area contributed by atoms with Crippen LogP contribution in [0.5, 0.6) is 0 Å². The number of anilines is 3. The first kappa shape index (κ1) is 27.2. The summed E-state index contributed by atoms with van der Waals surface area (Å²) in [6.07, 6.45) is 1.03. The summed E-state index contributed by atoms with van der Waals surface area (Å²) in [5.74, 6) is -1.32. The molecule has 0 spiro atoms. The van der Waals surface area contributed by atoms with E-state index in [0.29, 0.717) is 36.4 Å². The van der Waals surface area contributed by atoms with Gasteiger partial charge in [-0.15, -0.1) is 0 Å². The van der Waals surface area contributed by atoms with E-state index >= 15 is 0 Å². The topological polar surface area (TPSA) is 140 Å². The number of nitrogens with zero attached hydrogens (tertiary/aromatic N) is 1. The van der Waals surface area contributed by atoms with Gasteiger partial charge in [-0.1, -0.05) is 32.0 Å². The van der Waals surface area contributed by atoms with Crippen LogP contribution in [0.1, 0.15) is 38.7 Å². The van der Waals surface area contributed by atoms with Crippen LogP contribution in [0.25, 0.3) is 0 Å². The average molecular weight is 484 g/mol. The zero-order valence-corrected chi connectivity index (χ0v) is 20.3. The number of rotatable bonds is 7. The second-order valence-corrected chi connectivity index (χ2v) is 7.69. The molecular weight excluding hydrogens is 450 g/mol. The van der Waals surface area contributed by atoms with Gasteiger partial charge in [0.05, 0.1) is 6.42 Å². The molecule has 1 aliphatic heterocycles. The van der Waals surface area contributed by atoms with E-state index < -0.39 is 18.0 Å². The highest BCUT2D eigenvalue weighted by Crippen LogP contribution is 2.21. The summed E-state index contributed by atoms with van der Waals surface area (Å²) in [4.78, 5) is 49.2. The first-order valence-electron chi connectivity index (χ1n) is 11.6. The van der Waals surface area contributed by atoms with Crippen molar-refractivity contribution in [3.8, 4) is 0 Å². The molecule has 2 aromatic rings. The van der Waals surface area contributed by atoms with Crippen LogP contribution in [-0.2, 0) is 9.59 Å². The Bertz CT molecular complexity index is 1030. The SMILES string of the molecule is CC.Cc1ccccc1NC(=O)Nc1ccc(NC(=O)[C@@H]2CCCN2C(=O)NCCC(=O)O)cc1. The number of carboxylic acids is 1. The lowest BCUT2D eigenvalue weighted by Crippen LogP contribution is -2.48. The van der Waals surface area contributed by atoms with E-state index in [1.165, 1.54) is 4.90 Å². The molecule has 188 valence electrons. The van der Waals surface area contributed by atoms with Crippen molar-refractivity contribution < 1.29 is 24.3 Å². The molecule has 3 rings (SSSR count). The standard InChI is InChI=1S/C23H27N5O5.C2H6/c1-15-5-2-3-6-18(15)27-22(32)26-17-10-8-16(9-11-17)25-21(31)19-7-4-14-28(19)23(33)24-13-12-20(29)30;1-2/h2-3,5-6,8-11,19H,4,7,12-14H2,1H3,(H,24,33)(H,25,31)(H,29,30)(H2,26,27,32);1-2H3/t19-;/m0./s1. The highest BCUT2D eigenvalue weighted by molar-refractivity contribution is 6.01. The van der Waals surface area contributed by atoms with Crippen LogP contribution in [0.3, 0.4) is 0 Å². The number of urea groups is 2.